The van der Waals surface area contributed by atoms with E-state index in [1.165, 1.54) is 63.1 Å². The summed E-state index contributed by atoms with van der Waals surface area (Å²) < 4.78 is 7.88. The van der Waals surface area contributed by atoms with Gasteiger partial charge >= 0.3 is 0 Å². The van der Waals surface area contributed by atoms with E-state index < -0.39 is 24.5 Å². The van der Waals surface area contributed by atoms with E-state index in [1.54, 1.807) is 17.2 Å². The average molecular weight is 829 g/mol. The summed E-state index contributed by atoms with van der Waals surface area (Å²) in [6.07, 6.45) is 11.8. The van der Waals surface area contributed by atoms with Crippen molar-refractivity contribution < 1.29 is 14.9 Å². The molecule has 9 rings (SSSR count). The number of hydrogen-bond donors (Lipinski definition) is 7. The van der Waals surface area contributed by atoms with Gasteiger partial charge in [0.2, 0.25) is 17.7 Å². The van der Waals surface area contributed by atoms with Gasteiger partial charge in [0, 0.05) is 25.2 Å². The number of ether oxygens (including phenoxy) is 1. The molecule has 6 aliphatic rings. The Kier molecular flexibility index (Phi) is 12.7. The largest absolute Gasteiger partial charge is 0.387 e. The molecule has 0 aromatic carbocycles. The van der Waals surface area contributed by atoms with Crippen LogP contribution in [0.5, 0.6) is 0 Å². The monoisotopic (exact) mass is 829 g/mol. The molecular weight excluding hydrogens is 769 g/mol. The van der Waals surface area contributed by atoms with Crippen LogP contribution in [0.15, 0.2) is 12.7 Å². The van der Waals surface area contributed by atoms with E-state index in [-0.39, 0.29) is 17.9 Å². The maximum absolute atomic E-state index is 11.2. The summed E-state index contributed by atoms with van der Waals surface area (Å²) in [6, 6.07) is 0.371. The summed E-state index contributed by atoms with van der Waals surface area (Å²) in [6.45, 7) is 11.1. The van der Waals surface area contributed by atoms with E-state index in [1.807, 2.05) is 6.92 Å². The van der Waals surface area contributed by atoms with Crippen LogP contribution >= 0.6 is 0 Å². The molecule has 3 aromatic heterocycles. The molecule has 0 spiro atoms. The number of aliphatic hydroxyl groups excluding tert-OH is 2. The van der Waals surface area contributed by atoms with Crippen LogP contribution in [-0.2, 0) is 11.3 Å². The summed E-state index contributed by atoms with van der Waals surface area (Å²) in [5, 5.41) is 49.0. The van der Waals surface area contributed by atoms with Crippen LogP contribution < -0.4 is 21.3 Å². The highest BCUT2D eigenvalue weighted by Crippen LogP contribution is 2.39. The van der Waals surface area contributed by atoms with Crippen LogP contribution in [0.1, 0.15) is 102 Å². The zero-order valence-corrected chi connectivity index (χ0v) is 34.6. The van der Waals surface area contributed by atoms with Gasteiger partial charge in [0.05, 0.1) is 12.9 Å². The van der Waals surface area contributed by atoms with Crippen LogP contribution in [0.2, 0.25) is 0 Å². The van der Waals surface area contributed by atoms with E-state index >= 15 is 0 Å². The molecule has 0 bridgehead atoms. The number of tetrazole rings is 1. The van der Waals surface area contributed by atoms with Crippen molar-refractivity contribution in [1.82, 2.24) is 69.5 Å². The molecule has 4 atom stereocenters. The van der Waals surface area contributed by atoms with Crippen molar-refractivity contribution in [3.8, 4) is 11.5 Å². The molecule has 3 aromatic rings. The van der Waals surface area contributed by atoms with E-state index in [0.29, 0.717) is 41.2 Å². The summed E-state index contributed by atoms with van der Waals surface area (Å²) in [5.41, 5.74) is 1.77. The minimum atomic E-state index is -1.29. The number of nitrogens with zero attached hydrogens (tertiary/aromatic N) is 13. The van der Waals surface area contributed by atoms with Crippen LogP contribution in [0.3, 0.4) is 0 Å². The van der Waals surface area contributed by atoms with Crippen molar-refractivity contribution in [2.24, 2.45) is 0 Å². The summed E-state index contributed by atoms with van der Waals surface area (Å²) in [5.74, 6) is 3.44. The van der Waals surface area contributed by atoms with E-state index in [9.17, 15) is 10.2 Å². The fraction of sp³-hybridized carbons (Fsp3) is 0.718. The molecule has 3 saturated heterocycles. The van der Waals surface area contributed by atoms with Crippen molar-refractivity contribution >= 4 is 34.7 Å². The molecule has 0 unspecified atom stereocenters. The molecule has 5 aliphatic heterocycles. The Bertz CT molecular complexity index is 2090. The second kappa shape index (κ2) is 18.8. The molecule has 8 heterocycles. The molecule has 60 heavy (non-hydrogen) atoms. The van der Waals surface area contributed by atoms with Gasteiger partial charge in [-0.25, -0.2) is 15.0 Å². The number of aromatic nitrogens is 12. The van der Waals surface area contributed by atoms with Gasteiger partial charge in [-0.1, -0.05) is 0 Å². The quantitative estimate of drug-likeness (QED) is 0.0592. The van der Waals surface area contributed by atoms with Crippen LogP contribution in [0.25, 0.3) is 22.7 Å². The van der Waals surface area contributed by atoms with Crippen molar-refractivity contribution in [2.75, 3.05) is 73.6 Å². The lowest BCUT2D eigenvalue weighted by Crippen LogP contribution is -2.33. The van der Waals surface area contributed by atoms with Gasteiger partial charge in [0.1, 0.15) is 30.0 Å². The predicted molar refractivity (Wildman–Crippen MR) is 225 cm³/mol. The third kappa shape index (κ3) is 9.24. The molecular formula is C39H60N18O3. The topological polar surface area (TPSA) is 246 Å². The first-order chi connectivity index (χ1) is 29.5. The second-order valence-electron chi connectivity index (χ2n) is 16.7. The SMILES string of the molecule is CCn1nnc([C@H]2O[C@@H](n3cnc4c(N[C@H]5CC[C@H](Nc6[nH]c(NCCCCN7CCCC7)nc7ncnc6-7)CC5)nc(NCCCCN5CCCC5)nc43)[C@H](O)[C@@H]2O)n1. The molecule has 0 radical (unpaired) electrons. The molecule has 4 fully saturated rings. The summed E-state index contributed by atoms with van der Waals surface area (Å²) in [7, 11) is 0. The van der Waals surface area contributed by atoms with Crippen LogP contribution in [0.4, 0.5) is 23.5 Å². The Morgan fingerprint density at radius 1 is 0.800 bits per heavy atom. The minimum Gasteiger partial charge on any atom is -0.387 e. The Balaban J connectivity index is 0.856. The lowest BCUT2D eigenvalue weighted by atomic mass is 9.91. The number of hydrogen-bond acceptors (Lipinski definition) is 18. The highest BCUT2D eigenvalue weighted by Gasteiger charge is 2.47. The number of aliphatic hydroxyl groups is 2. The molecule has 1 aliphatic carbocycles. The average Bonchev–Trinajstić information content (AvgIpc) is 4.12. The zero-order chi connectivity index (χ0) is 40.8. The van der Waals surface area contributed by atoms with E-state index in [2.05, 4.69) is 66.4 Å². The maximum atomic E-state index is 11.2. The van der Waals surface area contributed by atoms with E-state index in [4.69, 9.17) is 19.7 Å². The van der Waals surface area contributed by atoms with Gasteiger partial charge in [0.15, 0.2) is 35.1 Å². The zero-order valence-electron chi connectivity index (χ0n) is 34.6. The third-order valence-corrected chi connectivity index (χ3v) is 12.4. The Morgan fingerprint density at radius 2 is 1.50 bits per heavy atom. The number of imidazole rings is 2. The number of rotatable bonds is 19. The van der Waals surface area contributed by atoms with Crippen molar-refractivity contribution in [3.05, 3.63) is 18.5 Å². The normalized spacial score (nSPS) is 25.2. The number of unbranched alkanes of at least 4 members (excludes halogenated alkanes) is 2. The molecule has 0 amide bonds. The van der Waals surface area contributed by atoms with Crippen molar-refractivity contribution in [3.63, 3.8) is 0 Å². The number of aryl methyl sites for hydroxylation is 1. The number of fused-ring (bicyclic) bond motifs is 2. The Labute approximate surface area is 349 Å². The second-order valence-corrected chi connectivity index (χ2v) is 16.7. The third-order valence-electron chi connectivity index (χ3n) is 12.4. The highest BCUT2D eigenvalue weighted by molar-refractivity contribution is 5.84. The van der Waals surface area contributed by atoms with Crippen LogP contribution in [-0.4, -0.2) is 156 Å². The number of aromatic amines is 1. The number of H-pyrrole nitrogens is 1. The van der Waals surface area contributed by atoms with Gasteiger partial charge in [-0.3, -0.25) is 4.57 Å². The molecule has 21 nitrogen and oxygen atoms in total. The Hall–Kier alpha value is -4.83. The van der Waals surface area contributed by atoms with Gasteiger partial charge in [-0.05, 0) is 128 Å². The van der Waals surface area contributed by atoms with Crippen molar-refractivity contribution in [2.45, 2.75) is 127 Å². The van der Waals surface area contributed by atoms with Gasteiger partial charge in [-0.2, -0.15) is 19.7 Å². The smallest absolute Gasteiger partial charge is 0.226 e. The molecule has 324 valence electrons. The van der Waals surface area contributed by atoms with Crippen molar-refractivity contribution in [1.29, 1.82) is 0 Å². The fourth-order valence-electron chi connectivity index (χ4n) is 9.03. The minimum absolute atomic E-state index is 0.143. The highest BCUT2D eigenvalue weighted by atomic mass is 16.6. The lowest BCUT2D eigenvalue weighted by Gasteiger charge is -2.31. The first kappa shape index (κ1) is 40.6. The predicted octanol–water partition coefficient (Wildman–Crippen LogP) is 2.85. The molecule has 21 heteroatoms. The van der Waals surface area contributed by atoms with Gasteiger partial charge in [-0.15, -0.1) is 10.2 Å². The first-order valence-electron chi connectivity index (χ1n) is 22.2. The Morgan fingerprint density at radius 3 is 2.20 bits per heavy atom. The van der Waals surface area contributed by atoms with Gasteiger partial charge < -0.3 is 51.0 Å². The van der Waals surface area contributed by atoms with Crippen LogP contribution in [0, 0.1) is 0 Å². The number of anilines is 4. The molecule has 1 saturated carbocycles. The first-order valence-corrected chi connectivity index (χ1v) is 22.2. The summed E-state index contributed by atoms with van der Waals surface area (Å²) >= 11 is 0. The van der Waals surface area contributed by atoms with E-state index in [0.717, 1.165) is 82.6 Å². The standard InChI is InChI=1S/C39H60N18O3/c1-2-57-52-35(51-53-57)31-29(58)30(59)37(60-31)56-24-44-28-34(49-39(50-36(28)56)41-16-4-6-18-55-21-9-10-22-55)46-26-13-11-25(12-14-26)45-33-27-32(43-23-42-27)47-38(48-33)40-15-3-5-17-54-19-7-8-20-54/h23-26,29-31,37,58-59H,2-22H2,1H3,(H2,41,46,49,50)(H3,40,42,43,45,47,48)/t25-,26-,29-,30+,31-,37+/m0/s1. The fourth-order valence-corrected chi connectivity index (χ4v) is 9.03. The van der Waals surface area contributed by atoms with Gasteiger partial charge in [0.25, 0.3) is 0 Å². The number of nitrogens with one attached hydrogen (secondary N) is 5. The molecule has 7 N–H and O–H groups in total. The lowest BCUT2D eigenvalue weighted by molar-refractivity contribution is -0.0384. The summed E-state index contributed by atoms with van der Waals surface area (Å²) in [4.78, 5) is 38.1. The number of likely N-dealkylation sites (tertiary alicyclic amines) is 2. The maximum Gasteiger partial charge on any atom is 0.226 e.